The standard InChI is InChI=1S/C11H18N2O2S2/c1-9-6-16-10(13-9)5-12-7-11(3-4-11)8-17(2,14)15/h6,12H,3-5,7-8H2,1-2H3. The number of nitrogens with zero attached hydrogens (tertiary/aromatic N) is 1. The largest absolute Gasteiger partial charge is 0.310 e. The molecule has 1 aliphatic rings. The summed E-state index contributed by atoms with van der Waals surface area (Å²) in [5, 5.41) is 6.42. The van der Waals surface area contributed by atoms with Gasteiger partial charge >= 0.3 is 0 Å². The quantitative estimate of drug-likeness (QED) is 0.851. The average Bonchev–Trinajstić information content (AvgIpc) is 2.78. The van der Waals surface area contributed by atoms with Crippen LogP contribution >= 0.6 is 11.3 Å². The van der Waals surface area contributed by atoms with E-state index in [1.165, 1.54) is 6.26 Å². The van der Waals surface area contributed by atoms with Crippen molar-refractivity contribution in [2.24, 2.45) is 5.41 Å². The third-order valence-corrected chi connectivity index (χ3v) is 5.07. The fourth-order valence-electron chi connectivity index (χ4n) is 2.02. The first kappa shape index (κ1) is 13.0. The van der Waals surface area contributed by atoms with Gasteiger partial charge in [0.2, 0.25) is 0 Å². The molecule has 0 radical (unpaired) electrons. The van der Waals surface area contributed by atoms with Crippen molar-refractivity contribution in [1.29, 1.82) is 0 Å². The molecular weight excluding hydrogens is 256 g/mol. The molecule has 0 amide bonds. The molecule has 2 rings (SSSR count). The average molecular weight is 274 g/mol. The Morgan fingerprint density at radius 2 is 2.24 bits per heavy atom. The summed E-state index contributed by atoms with van der Waals surface area (Å²) in [5.74, 6) is 0.309. The summed E-state index contributed by atoms with van der Waals surface area (Å²) in [4.78, 5) is 4.36. The van der Waals surface area contributed by atoms with Gasteiger partial charge in [0.1, 0.15) is 14.8 Å². The number of thiazole rings is 1. The minimum atomic E-state index is -2.86. The van der Waals surface area contributed by atoms with Crippen molar-refractivity contribution in [2.75, 3.05) is 18.6 Å². The Bertz CT molecular complexity index is 489. The maximum Gasteiger partial charge on any atom is 0.148 e. The van der Waals surface area contributed by atoms with Crippen LogP contribution in [0.5, 0.6) is 0 Å². The number of rotatable bonds is 6. The van der Waals surface area contributed by atoms with Gasteiger partial charge in [-0.25, -0.2) is 13.4 Å². The molecule has 1 aromatic rings. The van der Waals surface area contributed by atoms with E-state index < -0.39 is 9.84 Å². The Balaban J connectivity index is 1.79. The van der Waals surface area contributed by atoms with Gasteiger partial charge in [0.15, 0.2) is 0 Å². The van der Waals surface area contributed by atoms with Gasteiger partial charge in [0.05, 0.1) is 5.75 Å². The predicted molar refractivity (Wildman–Crippen MR) is 69.9 cm³/mol. The Morgan fingerprint density at radius 3 is 2.71 bits per heavy atom. The number of aryl methyl sites for hydroxylation is 1. The summed E-state index contributed by atoms with van der Waals surface area (Å²) >= 11 is 1.64. The number of sulfone groups is 1. The zero-order chi connectivity index (χ0) is 12.5. The lowest BCUT2D eigenvalue weighted by Crippen LogP contribution is -2.29. The maximum atomic E-state index is 11.3. The summed E-state index contributed by atoms with van der Waals surface area (Å²) in [7, 11) is -2.86. The lowest BCUT2D eigenvalue weighted by molar-refractivity contribution is 0.491. The fourth-order valence-corrected chi connectivity index (χ4v) is 4.27. The zero-order valence-corrected chi connectivity index (χ0v) is 11.8. The smallest absolute Gasteiger partial charge is 0.148 e. The molecule has 0 aromatic carbocycles. The van der Waals surface area contributed by atoms with Crippen LogP contribution < -0.4 is 5.32 Å². The van der Waals surface area contributed by atoms with E-state index in [9.17, 15) is 8.42 Å². The van der Waals surface area contributed by atoms with E-state index in [2.05, 4.69) is 10.3 Å². The van der Waals surface area contributed by atoms with Crippen LogP contribution in [-0.2, 0) is 16.4 Å². The summed E-state index contributed by atoms with van der Waals surface area (Å²) in [6.45, 7) is 3.49. The van der Waals surface area contributed by atoms with Gasteiger partial charge in [0, 0.05) is 30.4 Å². The second-order valence-electron chi connectivity index (χ2n) is 5.06. The predicted octanol–water partition coefficient (Wildman–Crippen LogP) is 1.37. The maximum absolute atomic E-state index is 11.3. The molecular formula is C11H18N2O2S2. The van der Waals surface area contributed by atoms with Gasteiger partial charge in [-0.3, -0.25) is 0 Å². The summed E-state index contributed by atoms with van der Waals surface area (Å²) in [5.41, 5.74) is 1.05. The van der Waals surface area contributed by atoms with E-state index in [0.29, 0.717) is 5.75 Å². The van der Waals surface area contributed by atoms with E-state index in [0.717, 1.165) is 36.6 Å². The van der Waals surface area contributed by atoms with Crippen LogP contribution in [0.2, 0.25) is 0 Å². The fraction of sp³-hybridized carbons (Fsp3) is 0.727. The molecule has 0 saturated heterocycles. The van der Waals surface area contributed by atoms with Crippen molar-refractivity contribution in [3.63, 3.8) is 0 Å². The van der Waals surface area contributed by atoms with Crippen LogP contribution in [0.3, 0.4) is 0 Å². The highest BCUT2D eigenvalue weighted by atomic mass is 32.2. The molecule has 0 aliphatic heterocycles. The Morgan fingerprint density at radius 1 is 1.53 bits per heavy atom. The Labute approximate surface area is 106 Å². The van der Waals surface area contributed by atoms with E-state index in [1.54, 1.807) is 11.3 Å². The number of hydrogen-bond acceptors (Lipinski definition) is 5. The van der Waals surface area contributed by atoms with Crippen molar-refractivity contribution in [1.82, 2.24) is 10.3 Å². The van der Waals surface area contributed by atoms with Crippen molar-refractivity contribution in [2.45, 2.75) is 26.3 Å². The van der Waals surface area contributed by atoms with Crippen molar-refractivity contribution < 1.29 is 8.42 Å². The first-order valence-corrected chi connectivity index (χ1v) is 8.62. The van der Waals surface area contributed by atoms with E-state index in [4.69, 9.17) is 0 Å². The normalized spacial score (nSPS) is 18.2. The highest BCUT2D eigenvalue weighted by molar-refractivity contribution is 7.90. The van der Waals surface area contributed by atoms with Gasteiger partial charge in [-0.1, -0.05) is 0 Å². The van der Waals surface area contributed by atoms with Crippen LogP contribution in [0.4, 0.5) is 0 Å². The monoisotopic (exact) mass is 274 g/mol. The number of nitrogens with one attached hydrogen (secondary N) is 1. The van der Waals surface area contributed by atoms with Gasteiger partial charge < -0.3 is 5.32 Å². The molecule has 17 heavy (non-hydrogen) atoms. The van der Waals surface area contributed by atoms with Crippen LogP contribution in [0.15, 0.2) is 5.38 Å². The van der Waals surface area contributed by atoms with Gasteiger partial charge in [-0.15, -0.1) is 11.3 Å². The van der Waals surface area contributed by atoms with Crippen LogP contribution in [-0.4, -0.2) is 32.0 Å². The highest BCUT2D eigenvalue weighted by Crippen LogP contribution is 2.46. The number of aromatic nitrogens is 1. The van der Waals surface area contributed by atoms with Crippen molar-refractivity contribution in [3.8, 4) is 0 Å². The summed E-state index contributed by atoms with van der Waals surface area (Å²) in [6, 6.07) is 0. The summed E-state index contributed by atoms with van der Waals surface area (Å²) < 4.78 is 22.6. The van der Waals surface area contributed by atoms with Crippen LogP contribution in [0, 0.1) is 12.3 Å². The van der Waals surface area contributed by atoms with E-state index in [-0.39, 0.29) is 5.41 Å². The lowest BCUT2D eigenvalue weighted by atomic mass is 10.1. The van der Waals surface area contributed by atoms with Gasteiger partial charge in [-0.05, 0) is 25.2 Å². The van der Waals surface area contributed by atoms with Crippen LogP contribution in [0.25, 0.3) is 0 Å². The molecule has 96 valence electrons. The SMILES string of the molecule is Cc1csc(CNCC2(CS(C)(=O)=O)CC2)n1. The topological polar surface area (TPSA) is 59.1 Å². The molecule has 1 aromatic heterocycles. The third-order valence-electron chi connectivity index (χ3n) is 2.97. The van der Waals surface area contributed by atoms with Gasteiger partial charge in [0.25, 0.3) is 0 Å². The zero-order valence-electron chi connectivity index (χ0n) is 10.2. The summed E-state index contributed by atoms with van der Waals surface area (Å²) in [6.07, 6.45) is 3.35. The second-order valence-corrected chi connectivity index (χ2v) is 8.14. The van der Waals surface area contributed by atoms with E-state index >= 15 is 0 Å². The minimum absolute atomic E-state index is 0.000112. The molecule has 0 bridgehead atoms. The second kappa shape index (κ2) is 4.66. The molecule has 0 atom stereocenters. The molecule has 0 unspecified atom stereocenters. The molecule has 1 fully saturated rings. The lowest BCUT2D eigenvalue weighted by Gasteiger charge is -2.13. The van der Waals surface area contributed by atoms with Gasteiger partial charge in [-0.2, -0.15) is 0 Å². The molecule has 1 heterocycles. The van der Waals surface area contributed by atoms with Crippen molar-refractivity contribution in [3.05, 3.63) is 16.1 Å². The highest BCUT2D eigenvalue weighted by Gasteiger charge is 2.44. The molecule has 1 aliphatic carbocycles. The first-order chi connectivity index (χ1) is 7.89. The molecule has 6 heteroatoms. The third kappa shape index (κ3) is 4.04. The molecule has 1 saturated carbocycles. The Kier molecular flexibility index (Phi) is 3.56. The molecule has 1 N–H and O–H groups in total. The minimum Gasteiger partial charge on any atom is -0.310 e. The molecule has 0 spiro atoms. The first-order valence-electron chi connectivity index (χ1n) is 5.68. The molecule has 4 nitrogen and oxygen atoms in total. The Hall–Kier alpha value is -0.460. The van der Waals surface area contributed by atoms with Crippen molar-refractivity contribution >= 4 is 21.2 Å². The number of hydrogen-bond donors (Lipinski definition) is 1. The van der Waals surface area contributed by atoms with Crippen LogP contribution in [0.1, 0.15) is 23.5 Å². The van der Waals surface area contributed by atoms with E-state index in [1.807, 2.05) is 12.3 Å².